The number of imidazole rings is 1. The zero-order valence-electron chi connectivity index (χ0n) is 19.3. The third kappa shape index (κ3) is 3.95. The van der Waals surface area contributed by atoms with Gasteiger partial charge in [-0.2, -0.15) is 10.4 Å². The molecule has 35 heavy (non-hydrogen) atoms. The topological polar surface area (TPSA) is 106 Å². The number of carbonyl (C=O) groups excluding carboxylic acids is 1. The second kappa shape index (κ2) is 8.80. The van der Waals surface area contributed by atoms with Crippen molar-refractivity contribution in [2.24, 2.45) is 12.8 Å². The van der Waals surface area contributed by atoms with Gasteiger partial charge >= 0.3 is 0 Å². The summed E-state index contributed by atoms with van der Waals surface area (Å²) in [6, 6.07) is 11.6. The number of aryl methyl sites for hydroxylation is 1. The van der Waals surface area contributed by atoms with E-state index in [1.54, 1.807) is 27.3 Å². The van der Waals surface area contributed by atoms with Gasteiger partial charge in [0.15, 0.2) is 0 Å². The molecular formula is C25H23ClFN7O. The second-order valence-corrected chi connectivity index (χ2v) is 9.14. The lowest BCUT2D eigenvalue weighted by atomic mass is 10.1. The Kier molecular flexibility index (Phi) is 5.79. The summed E-state index contributed by atoms with van der Waals surface area (Å²) in [5, 5.41) is 14.7. The molecule has 4 aromatic rings. The van der Waals surface area contributed by atoms with Gasteiger partial charge in [0.1, 0.15) is 28.6 Å². The maximum Gasteiger partial charge on any atom is 0.274 e. The summed E-state index contributed by atoms with van der Waals surface area (Å²) in [6.07, 6.45) is 1.70. The van der Waals surface area contributed by atoms with E-state index in [9.17, 15) is 9.18 Å². The van der Waals surface area contributed by atoms with E-state index in [1.165, 1.54) is 12.1 Å². The van der Waals surface area contributed by atoms with Gasteiger partial charge in [-0.1, -0.05) is 11.6 Å². The number of nitrogens with zero attached hydrogens (tertiary/aromatic N) is 6. The summed E-state index contributed by atoms with van der Waals surface area (Å²) < 4.78 is 17.9. The number of hydrogen-bond donors (Lipinski definition) is 1. The van der Waals surface area contributed by atoms with Crippen LogP contribution >= 0.6 is 11.6 Å². The Bertz CT molecular complexity index is 1520. The molecule has 10 heteroatoms. The SMILES string of the molecule is Cc1c(C(=O)N2CCC[C@@H](N)C2)nc(-c2ccc(C#N)c(F)c2)n1-c1ccc2nn(C)c(Cl)c2c1. The van der Waals surface area contributed by atoms with Crippen molar-refractivity contribution in [2.45, 2.75) is 25.8 Å². The van der Waals surface area contributed by atoms with Crippen molar-refractivity contribution < 1.29 is 9.18 Å². The molecule has 0 unspecified atom stereocenters. The smallest absolute Gasteiger partial charge is 0.274 e. The van der Waals surface area contributed by atoms with E-state index in [-0.39, 0.29) is 23.2 Å². The Morgan fingerprint density at radius 2 is 2.09 bits per heavy atom. The van der Waals surface area contributed by atoms with Gasteiger partial charge in [0.2, 0.25) is 0 Å². The van der Waals surface area contributed by atoms with Gasteiger partial charge < -0.3 is 10.6 Å². The number of rotatable bonds is 3. The number of amides is 1. The number of benzene rings is 2. The van der Waals surface area contributed by atoms with Crippen LogP contribution in [0.4, 0.5) is 4.39 Å². The zero-order chi connectivity index (χ0) is 24.9. The van der Waals surface area contributed by atoms with Crippen LogP contribution in [0.15, 0.2) is 36.4 Å². The van der Waals surface area contributed by atoms with Crippen LogP contribution < -0.4 is 5.73 Å². The Morgan fingerprint density at radius 1 is 1.29 bits per heavy atom. The highest BCUT2D eigenvalue weighted by Gasteiger charge is 2.28. The van der Waals surface area contributed by atoms with Crippen molar-refractivity contribution in [3.05, 3.63) is 64.3 Å². The van der Waals surface area contributed by atoms with Gasteiger partial charge in [-0.15, -0.1) is 0 Å². The van der Waals surface area contributed by atoms with E-state index in [0.29, 0.717) is 41.0 Å². The fraction of sp³-hybridized carbons (Fsp3) is 0.280. The van der Waals surface area contributed by atoms with Gasteiger partial charge in [0.05, 0.1) is 16.8 Å². The van der Waals surface area contributed by atoms with Crippen molar-refractivity contribution in [3.8, 4) is 23.1 Å². The van der Waals surface area contributed by atoms with E-state index in [1.807, 2.05) is 31.2 Å². The lowest BCUT2D eigenvalue weighted by Gasteiger charge is -2.30. The molecule has 2 aromatic carbocycles. The third-order valence-electron chi connectivity index (χ3n) is 6.41. The van der Waals surface area contributed by atoms with E-state index in [2.05, 4.69) is 10.1 Å². The lowest BCUT2D eigenvalue weighted by molar-refractivity contribution is 0.0702. The normalized spacial score (nSPS) is 16.0. The average molecular weight is 492 g/mol. The first-order valence-electron chi connectivity index (χ1n) is 11.3. The molecule has 5 rings (SSSR count). The number of fused-ring (bicyclic) bond motifs is 1. The molecule has 0 aliphatic carbocycles. The second-order valence-electron chi connectivity index (χ2n) is 8.78. The molecule has 8 nitrogen and oxygen atoms in total. The molecule has 0 spiro atoms. The molecule has 1 aliphatic heterocycles. The maximum atomic E-state index is 14.6. The van der Waals surface area contributed by atoms with Crippen LogP contribution in [0, 0.1) is 24.1 Å². The van der Waals surface area contributed by atoms with Crippen LogP contribution in [0.1, 0.15) is 34.6 Å². The molecule has 1 atom stereocenters. The van der Waals surface area contributed by atoms with Crippen LogP contribution in [-0.4, -0.2) is 49.3 Å². The van der Waals surface area contributed by atoms with E-state index < -0.39 is 5.82 Å². The summed E-state index contributed by atoms with van der Waals surface area (Å²) in [5.74, 6) is -0.486. The molecule has 2 aromatic heterocycles. The molecular weight excluding hydrogens is 469 g/mol. The minimum absolute atomic E-state index is 0.0641. The van der Waals surface area contributed by atoms with Gasteiger partial charge in [-0.05, 0) is 56.2 Å². The number of carbonyl (C=O) groups is 1. The molecule has 1 amide bonds. The number of likely N-dealkylation sites (tertiary alicyclic amines) is 1. The first-order valence-corrected chi connectivity index (χ1v) is 11.6. The van der Waals surface area contributed by atoms with Gasteiger partial charge in [-0.3, -0.25) is 14.0 Å². The number of nitrogens with two attached hydrogens (primary N) is 1. The lowest BCUT2D eigenvalue weighted by Crippen LogP contribution is -2.46. The van der Waals surface area contributed by atoms with E-state index in [4.69, 9.17) is 22.6 Å². The Balaban J connectivity index is 1.70. The first-order chi connectivity index (χ1) is 16.8. The van der Waals surface area contributed by atoms with Crippen LogP contribution in [0.2, 0.25) is 5.15 Å². The molecule has 0 radical (unpaired) electrons. The highest BCUT2D eigenvalue weighted by molar-refractivity contribution is 6.34. The molecule has 0 bridgehead atoms. The number of aromatic nitrogens is 4. The quantitative estimate of drug-likeness (QED) is 0.467. The largest absolute Gasteiger partial charge is 0.336 e. The zero-order valence-corrected chi connectivity index (χ0v) is 20.1. The number of halogens is 2. The van der Waals surface area contributed by atoms with Crippen LogP contribution in [0.5, 0.6) is 0 Å². The predicted octanol–water partition coefficient (Wildman–Crippen LogP) is 3.96. The van der Waals surface area contributed by atoms with Crippen LogP contribution in [-0.2, 0) is 7.05 Å². The highest BCUT2D eigenvalue weighted by Crippen LogP contribution is 2.32. The highest BCUT2D eigenvalue weighted by atomic mass is 35.5. The Hall–Kier alpha value is -3.74. The molecule has 1 fully saturated rings. The predicted molar refractivity (Wildman–Crippen MR) is 131 cm³/mol. The number of hydrogen-bond acceptors (Lipinski definition) is 5. The molecule has 178 valence electrons. The summed E-state index contributed by atoms with van der Waals surface area (Å²) in [7, 11) is 1.76. The minimum Gasteiger partial charge on any atom is -0.336 e. The molecule has 2 N–H and O–H groups in total. The van der Waals surface area contributed by atoms with Gasteiger partial charge in [0.25, 0.3) is 5.91 Å². The minimum atomic E-state index is -0.655. The Morgan fingerprint density at radius 3 is 2.80 bits per heavy atom. The van der Waals surface area contributed by atoms with E-state index >= 15 is 0 Å². The maximum absolute atomic E-state index is 14.6. The van der Waals surface area contributed by atoms with Crippen molar-refractivity contribution in [1.29, 1.82) is 5.26 Å². The van der Waals surface area contributed by atoms with E-state index in [0.717, 1.165) is 23.7 Å². The number of piperidine rings is 1. The van der Waals surface area contributed by atoms with Gasteiger partial charge in [-0.25, -0.2) is 9.37 Å². The summed E-state index contributed by atoms with van der Waals surface area (Å²) in [5.41, 5.74) is 8.78. The fourth-order valence-electron chi connectivity index (χ4n) is 4.60. The molecule has 3 heterocycles. The monoisotopic (exact) mass is 491 g/mol. The summed E-state index contributed by atoms with van der Waals surface area (Å²) >= 11 is 6.45. The Labute approximate surface area is 206 Å². The molecule has 1 aliphatic rings. The standard InChI is InChI=1S/C25H23ClFN7O/c1-14-22(25(35)33-9-3-4-17(29)13-33)30-24(15-5-6-16(12-28)20(27)10-15)34(14)18-7-8-21-19(11-18)23(26)32(2)31-21/h5-8,10-11,17H,3-4,9,13,29H2,1-2H3/t17-/m1/s1. The summed E-state index contributed by atoms with van der Waals surface area (Å²) in [4.78, 5) is 19.9. The van der Waals surface area contributed by atoms with Crippen molar-refractivity contribution in [3.63, 3.8) is 0 Å². The first kappa shape index (κ1) is 23.0. The van der Waals surface area contributed by atoms with Crippen molar-refractivity contribution in [2.75, 3.05) is 13.1 Å². The fourth-order valence-corrected chi connectivity index (χ4v) is 4.79. The molecule has 1 saturated heterocycles. The van der Waals surface area contributed by atoms with Crippen molar-refractivity contribution >= 4 is 28.4 Å². The van der Waals surface area contributed by atoms with Gasteiger partial charge in [0, 0.05) is 42.8 Å². The molecule has 0 saturated carbocycles. The number of nitriles is 1. The van der Waals surface area contributed by atoms with Crippen LogP contribution in [0.25, 0.3) is 28.0 Å². The van der Waals surface area contributed by atoms with Crippen molar-refractivity contribution in [1.82, 2.24) is 24.2 Å². The summed E-state index contributed by atoms with van der Waals surface area (Å²) in [6.45, 7) is 2.88. The average Bonchev–Trinajstić information content (AvgIpc) is 3.34. The third-order valence-corrected chi connectivity index (χ3v) is 6.85. The van der Waals surface area contributed by atoms with Crippen LogP contribution in [0.3, 0.4) is 0 Å².